The Morgan fingerprint density at radius 2 is 1.00 bits per heavy atom. The Balaban J connectivity index is 1.17. The summed E-state index contributed by atoms with van der Waals surface area (Å²) in [5.74, 6) is 0.485. The molecule has 1 aliphatic rings. The van der Waals surface area contributed by atoms with Crippen molar-refractivity contribution >= 4 is 43.9 Å². The number of aliphatic imine (C=N–C) groups is 1. The van der Waals surface area contributed by atoms with Gasteiger partial charge in [-0.15, -0.1) is 0 Å². The molecule has 0 bridgehead atoms. The van der Waals surface area contributed by atoms with Crippen LogP contribution >= 0.6 is 0 Å². The van der Waals surface area contributed by atoms with Gasteiger partial charge in [0.15, 0.2) is 0 Å². The van der Waals surface area contributed by atoms with Crippen LogP contribution in [0.2, 0.25) is 0 Å². The van der Waals surface area contributed by atoms with E-state index in [4.69, 9.17) is 10.7 Å². The second kappa shape index (κ2) is 15.1. The summed E-state index contributed by atoms with van der Waals surface area (Å²) < 4.78 is 0. The third kappa shape index (κ3) is 5.99. The van der Waals surface area contributed by atoms with E-state index in [1.54, 1.807) is 0 Å². The highest BCUT2D eigenvalue weighted by molar-refractivity contribution is 6.10. The number of benzene rings is 10. The third-order valence-corrected chi connectivity index (χ3v) is 12.7. The molecule has 2 nitrogen and oxygen atoms in total. The molecule has 0 aromatic heterocycles. The standard InChI is InChI=1S/C59H42N2/c60-58(43-20-4-1-5-21-43)61-55(39-35-41-23-16-22-40-18-10-12-28-46(40)41)51-37-36-50(48-30-14-15-31-49(48)51)52-32-17-33-53-56-47-29-13-11-19-42(47)34-38-54(56)59(57(52)53,44-24-6-2-7-25-44)45-26-8-3-9-27-45/h1-34,36-39H,35H2,(H2,60,61)/b55-39-. The van der Waals surface area contributed by atoms with E-state index in [2.05, 4.69) is 200 Å². The fourth-order valence-corrected chi connectivity index (χ4v) is 9.99. The van der Waals surface area contributed by atoms with Crippen molar-refractivity contribution in [3.8, 4) is 22.3 Å². The van der Waals surface area contributed by atoms with Crippen molar-refractivity contribution in [2.75, 3.05) is 0 Å². The van der Waals surface area contributed by atoms with Gasteiger partial charge < -0.3 is 5.73 Å². The minimum absolute atomic E-state index is 0.485. The molecule has 10 aromatic carbocycles. The van der Waals surface area contributed by atoms with E-state index >= 15 is 0 Å². The van der Waals surface area contributed by atoms with Gasteiger partial charge in [0.25, 0.3) is 0 Å². The number of nitrogens with zero attached hydrogens (tertiary/aromatic N) is 1. The number of hydrogen-bond donors (Lipinski definition) is 1. The fraction of sp³-hybridized carbons (Fsp3) is 0.0339. The van der Waals surface area contributed by atoms with E-state index in [1.807, 2.05) is 30.3 Å². The molecule has 0 fully saturated rings. The molecule has 0 unspecified atom stereocenters. The second-order valence-corrected chi connectivity index (χ2v) is 15.9. The average Bonchev–Trinajstić information content (AvgIpc) is 3.65. The molecule has 1 aliphatic carbocycles. The summed E-state index contributed by atoms with van der Waals surface area (Å²) in [7, 11) is 0. The lowest BCUT2D eigenvalue weighted by Gasteiger charge is -2.35. The maximum Gasteiger partial charge on any atom is 0.131 e. The van der Waals surface area contributed by atoms with Gasteiger partial charge >= 0.3 is 0 Å². The van der Waals surface area contributed by atoms with Crippen molar-refractivity contribution in [2.24, 2.45) is 10.7 Å². The molecule has 10 aromatic rings. The van der Waals surface area contributed by atoms with Crippen LogP contribution in [0.3, 0.4) is 0 Å². The van der Waals surface area contributed by atoms with Crippen LogP contribution in [0.5, 0.6) is 0 Å². The smallest absolute Gasteiger partial charge is 0.131 e. The average molecular weight is 779 g/mol. The van der Waals surface area contributed by atoms with Crippen molar-refractivity contribution in [1.29, 1.82) is 0 Å². The molecule has 2 heteroatoms. The van der Waals surface area contributed by atoms with Gasteiger partial charge in [0.2, 0.25) is 0 Å². The minimum Gasteiger partial charge on any atom is -0.383 e. The van der Waals surface area contributed by atoms with E-state index in [1.165, 1.54) is 71.6 Å². The molecule has 11 rings (SSSR count). The van der Waals surface area contributed by atoms with Crippen LogP contribution in [0, 0.1) is 0 Å². The lowest BCUT2D eigenvalue weighted by Crippen LogP contribution is -2.29. The van der Waals surface area contributed by atoms with Crippen LogP contribution in [-0.4, -0.2) is 5.84 Å². The van der Waals surface area contributed by atoms with E-state index in [0.29, 0.717) is 12.3 Å². The number of allylic oxidation sites excluding steroid dienone is 1. The summed E-state index contributed by atoms with van der Waals surface area (Å²) in [5.41, 5.74) is 20.3. The predicted molar refractivity (Wildman–Crippen MR) is 257 cm³/mol. The summed E-state index contributed by atoms with van der Waals surface area (Å²) in [5, 5.41) is 7.26. The van der Waals surface area contributed by atoms with Gasteiger partial charge in [-0.25, -0.2) is 4.99 Å². The Morgan fingerprint density at radius 1 is 0.443 bits per heavy atom. The third-order valence-electron chi connectivity index (χ3n) is 12.7. The van der Waals surface area contributed by atoms with Crippen LogP contribution in [0.4, 0.5) is 0 Å². The Kier molecular flexibility index (Phi) is 8.98. The van der Waals surface area contributed by atoms with Crippen molar-refractivity contribution < 1.29 is 0 Å². The van der Waals surface area contributed by atoms with Crippen LogP contribution in [0.25, 0.3) is 60.3 Å². The van der Waals surface area contributed by atoms with Crippen molar-refractivity contribution in [3.63, 3.8) is 0 Å². The molecule has 0 radical (unpaired) electrons. The molecule has 288 valence electrons. The summed E-state index contributed by atoms with van der Waals surface area (Å²) in [6.07, 6.45) is 2.95. The van der Waals surface area contributed by atoms with Crippen LogP contribution in [0.1, 0.15) is 38.9 Å². The van der Waals surface area contributed by atoms with E-state index in [9.17, 15) is 0 Å². The highest BCUT2D eigenvalue weighted by Gasteiger charge is 2.48. The van der Waals surface area contributed by atoms with Crippen molar-refractivity contribution in [2.45, 2.75) is 11.8 Å². The second-order valence-electron chi connectivity index (χ2n) is 15.9. The van der Waals surface area contributed by atoms with Crippen molar-refractivity contribution in [1.82, 2.24) is 0 Å². The Morgan fingerprint density at radius 3 is 1.72 bits per heavy atom. The molecular weight excluding hydrogens is 737 g/mol. The Hall–Kier alpha value is -7.81. The lowest BCUT2D eigenvalue weighted by atomic mass is 9.66. The van der Waals surface area contributed by atoms with Crippen molar-refractivity contribution in [3.05, 3.63) is 269 Å². The number of fused-ring (bicyclic) bond motifs is 7. The van der Waals surface area contributed by atoms with Gasteiger partial charge in [0.05, 0.1) is 11.1 Å². The quantitative estimate of drug-likeness (QED) is 0.121. The van der Waals surface area contributed by atoms with Crippen LogP contribution in [0.15, 0.2) is 236 Å². The largest absolute Gasteiger partial charge is 0.383 e. The summed E-state index contributed by atoms with van der Waals surface area (Å²) >= 11 is 0. The van der Waals surface area contributed by atoms with E-state index < -0.39 is 5.41 Å². The summed E-state index contributed by atoms with van der Waals surface area (Å²) in [6, 6.07) is 81.1. The van der Waals surface area contributed by atoms with Gasteiger partial charge in [-0.05, 0) is 88.8 Å². The molecule has 0 saturated carbocycles. The SMILES string of the molecule is NC(=N/C(=C\Cc1cccc2ccccc12)c1ccc(-c2cccc3c2C(c2ccccc2)(c2ccccc2)c2ccc4ccccc4c2-3)c2ccccc12)c1ccccc1. The van der Waals surface area contributed by atoms with Crippen LogP contribution < -0.4 is 5.73 Å². The predicted octanol–water partition coefficient (Wildman–Crippen LogP) is 14.2. The summed E-state index contributed by atoms with van der Waals surface area (Å²) in [4.78, 5) is 5.24. The first-order valence-corrected chi connectivity index (χ1v) is 21.1. The monoisotopic (exact) mass is 778 g/mol. The maximum absolute atomic E-state index is 6.85. The Labute approximate surface area is 356 Å². The van der Waals surface area contributed by atoms with Gasteiger partial charge in [-0.2, -0.15) is 0 Å². The Bertz CT molecular complexity index is 3280. The molecule has 0 amide bonds. The van der Waals surface area contributed by atoms with E-state index in [-0.39, 0.29) is 0 Å². The molecule has 61 heavy (non-hydrogen) atoms. The highest BCUT2D eigenvalue weighted by atomic mass is 14.9. The molecule has 2 N–H and O–H groups in total. The number of amidine groups is 1. The highest BCUT2D eigenvalue weighted by Crippen LogP contribution is 2.60. The number of hydrogen-bond acceptors (Lipinski definition) is 1. The fourth-order valence-electron chi connectivity index (χ4n) is 9.99. The van der Waals surface area contributed by atoms with Crippen LogP contribution in [-0.2, 0) is 11.8 Å². The zero-order chi connectivity index (χ0) is 40.8. The van der Waals surface area contributed by atoms with Gasteiger partial charge in [0, 0.05) is 11.1 Å². The van der Waals surface area contributed by atoms with Gasteiger partial charge in [-0.3, -0.25) is 0 Å². The molecule has 0 spiro atoms. The zero-order valence-corrected chi connectivity index (χ0v) is 33.7. The molecule has 0 saturated heterocycles. The first kappa shape index (κ1) is 36.3. The maximum atomic E-state index is 6.85. The zero-order valence-electron chi connectivity index (χ0n) is 33.7. The topological polar surface area (TPSA) is 38.4 Å². The number of rotatable bonds is 8. The molecule has 0 aliphatic heterocycles. The first-order valence-electron chi connectivity index (χ1n) is 21.1. The normalized spacial score (nSPS) is 13.4. The minimum atomic E-state index is -0.578. The van der Waals surface area contributed by atoms with E-state index in [0.717, 1.165) is 27.6 Å². The lowest BCUT2D eigenvalue weighted by molar-refractivity contribution is 0.771. The first-order chi connectivity index (χ1) is 30.2. The molecule has 0 heterocycles. The number of nitrogens with two attached hydrogens (primary N) is 1. The van der Waals surface area contributed by atoms with Gasteiger partial charge in [-0.1, -0.05) is 231 Å². The molecule has 0 atom stereocenters. The van der Waals surface area contributed by atoms with Gasteiger partial charge in [0.1, 0.15) is 5.84 Å². The summed E-state index contributed by atoms with van der Waals surface area (Å²) in [6.45, 7) is 0. The molecular formula is C59H42N2.